The van der Waals surface area contributed by atoms with E-state index in [0.717, 1.165) is 54.1 Å². The van der Waals surface area contributed by atoms with Crippen molar-refractivity contribution in [3.8, 4) is 23.0 Å². The number of benzene rings is 4. The van der Waals surface area contributed by atoms with Crippen LogP contribution >= 0.6 is 69.6 Å². The Bertz CT molecular complexity index is 3490. The highest BCUT2D eigenvalue weighted by molar-refractivity contribution is 6.74. The number of ether oxygens (including phenoxy) is 6. The summed E-state index contributed by atoms with van der Waals surface area (Å²) in [6.07, 6.45) is 1.91. The number of piperazine rings is 1. The molecule has 1 saturated heterocycles. The number of nitrogens with two attached hydrogens (primary N) is 1. The average Bonchev–Trinajstić information content (AvgIpc) is 1.61. The number of hydrogen-bond donors (Lipinski definition) is 1. The second kappa shape index (κ2) is 28.4. The van der Waals surface area contributed by atoms with Gasteiger partial charge in [0.1, 0.15) is 13.2 Å². The van der Waals surface area contributed by atoms with Gasteiger partial charge in [0.15, 0.2) is 52.1 Å². The van der Waals surface area contributed by atoms with Gasteiger partial charge in [-0.1, -0.05) is 135 Å². The van der Waals surface area contributed by atoms with Gasteiger partial charge in [-0.2, -0.15) is 0 Å². The molecule has 4 aromatic rings. The SMILES string of the molecule is COc1cc2c(cc1OCCCCCOc1cc3c(cc1OC)C(=O)N1C=C(c4cccc(N)c4)C[C@H]1C(O[Si](C)(C)C(C)(C)C)N3C(=O)OCC(Cl)(Cl)Cl)N(C(=O)OCC(Cl)(Cl)Cl)C(O[Si](C)(C)C(C)(C)C)[C@@H]1CC(c3ccc(N4CCN(C)CC4)cc3)=CN1C2=O. The minimum absolute atomic E-state index is 0.113. The van der Waals surface area contributed by atoms with E-state index in [0.29, 0.717) is 37.8 Å². The topological polar surface area (TPSA) is 188 Å². The number of anilines is 4. The Morgan fingerprint density at radius 1 is 0.570 bits per heavy atom. The van der Waals surface area contributed by atoms with Gasteiger partial charge in [-0.05, 0) is 134 Å². The van der Waals surface area contributed by atoms with Gasteiger partial charge in [-0.15, -0.1) is 0 Å². The minimum atomic E-state index is -2.78. The number of nitrogens with zero attached hydrogens (tertiary/aromatic N) is 6. The molecule has 0 radical (unpaired) electrons. The standard InChI is InChI=1S/C66H85Cl6N7O12Si2/c1-63(2,3)92(10,11)90-59-51-31-43(41-20-22-46(23-21-41)75-26-24-74(7)25-27-75)37-76(51)57(80)47-33-53(84-8)55(35-49(47)78(59)61(82)88-39-65(67,68)69)86-28-15-14-16-29-87-56-36-50-48(34-54(56)85-9)58(81)77-38-44(42-18-17-19-45(73)30-42)32-52(77)60(91-93(12,13)64(4,5)6)79(50)62(83)89-40-66(70,71)72/h17-23,30,33-38,51-52,59-60H,14-16,24-29,31-32,39-40,73H2,1-13H3/t51-,52-,59?,60?/m0/s1. The zero-order valence-electron chi connectivity index (χ0n) is 55.0. The maximum absolute atomic E-state index is 15.3. The van der Waals surface area contributed by atoms with E-state index in [2.05, 4.69) is 109 Å². The Labute approximate surface area is 578 Å². The zero-order valence-corrected chi connectivity index (χ0v) is 61.5. The summed E-state index contributed by atoms with van der Waals surface area (Å²) in [7, 11) is -0.491. The molecule has 9 rings (SSSR count). The van der Waals surface area contributed by atoms with Gasteiger partial charge in [0.05, 0.1) is 62.0 Å². The van der Waals surface area contributed by atoms with E-state index >= 15 is 9.59 Å². The van der Waals surface area contributed by atoms with Crippen LogP contribution in [0.15, 0.2) is 85.2 Å². The summed E-state index contributed by atoms with van der Waals surface area (Å²) < 4.78 is 46.9. The molecule has 5 aliphatic heterocycles. The number of methoxy groups -OCH3 is 2. The molecular weight excluding hydrogens is 1350 g/mol. The molecule has 4 atom stereocenters. The number of carbonyl (C=O) groups excluding carboxylic acids is 4. The Balaban J connectivity index is 0.978. The maximum atomic E-state index is 15.3. The number of alkyl halides is 6. The fraction of sp³-hybridized carbons (Fsp3) is 0.515. The first-order valence-electron chi connectivity index (χ1n) is 31.1. The molecule has 0 aromatic heterocycles. The van der Waals surface area contributed by atoms with Crippen molar-refractivity contribution in [3.05, 3.63) is 107 Å². The summed E-state index contributed by atoms with van der Waals surface area (Å²) in [5.41, 5.74) is 11.9. The van der Waals surface area contributed by atoms with Crippen LogP contribution in [0, 0.1) is 0 Å². The number of halogens is 6. The summed E-state index contributed by atoms with van der Waals surface area (Å²) in [6.45, 7) is 23.8. The van der Waals surface area contributed by atoms with Crippen molar-refractivity contribution in [2.45, 2.75) is 142 Å². The summed E-state index contributed by atoms with van der Waals surface area (Å²) in [5.74, 6) is 0.155. The van der Waals surface area contributed by atoms with Crippen molar-refractivity contribution < 1.29 is 56.5 Å². The van der Waals surface area contributed by atoms with E-state index in [1.54, 1.807) is 46.3 Å². The van der Waals surface area contributed by atoms with Gasteiger partial charge in [0.2, 0.25) is 7.59 Å². The first kappa shape index (κ1) is 72.0. The smallest absolute Gasteiger partial charge is 0.416 e. The molecule has 506 valence electrons. The number of nitrogen functional groups attached to an aromatic ring is 1. The lowest BCUT2D eigenvalue weighted by Gasteiger charge is -2.44. The molecule has 5 aliphatic rings. The third kappa shape index (κ3) is 16.4. The Morgan fingerprint density at radius 3 is 1.40 bits per heavy atom. The van der Waals surface area contributed by atoms with Crippen molar-refractivity contribution in [2.24, 2.45) is 0 Å². The van der Waals surface area contributed by atoms with Crippen molar-refractivity contribution in [1.82, 2.24) is 14.7 Å². The molecule has 0 aliphatic carbocycles. The van der Waals surface area contributed by atoms with Crippen LogP contribution < -0.4 is 39.4 Å². The van der Waals surface area contributed by atoms with Gasteiger partial charge in [-0.25, -0.2) is 19.4 Å². The molecule has 27 heteroatoms. The normalized spacial score (nSPS) is 19.8. The van der Waals surface area contributed by atoms with E-state index in [-0.39, 0.29) is 68.8 Å². The third-order valence-electron chi connectivity index (χ3n) is 18.6. The third-order valence-corrected chi connectivity index (χ3v) is 28.1. The van der Waals surface area contributed by atoms with Crippen molar-refractivity contribution in [2.75, 3.05) is 94.3 Å². The van der Waals surface area contributed by atoms with E-state index in [1.807, 2.05) is 24.4 Å². The van der Waals surface area contributed by atoms with Gasteiger partial charge < -0.3 is 62.6 Å². The summed E-state index contributed by atoms with van der Waals surface area (Å²) in [5, 5.41) is -0.672. The number of fused-ring (bicyclic) bond motifs is 4. The van der Waals surface area contributed by atoms with Crippen LogP contribution in [0.1, 0.15) is 105 Å². The van der Waals surface area contributed by atoms with E-state index in [4.69, 9.17) is 113 Å². The van der Waals surface area contributed by atoms with Crippen LogP contribution in [-0.2, 0) is 18.3 Å². The Morgan fingerprint density at radius 2 is 1.00 bits per heavy atom. The first-order chi connectivity index (χ1) is 43.5. The number of amides is 4. The molecule has 0 bridgehead atoms. The lowest BCUT2D eigenvalue weighted by Crippen LogP contribution is -2.58. The van der Waals surface area contributed by atoms with Crippen LogP contribution in [0.25, 0.3) is 11.1 Å². The predicted molar refractivity (Wildman–Crippen MR) is 375 cm³/mol. The van der Waals surface area contributed by atoms with E-state index in [9.17, 15) is 9.59 Å². The molecule has 4 aromatic carbocycles. The monoisotopic (exact) mass is 1430 g/mol. The predicted octanol–water partition coefficient (Wildman–Crippen LogP) is 15.5. The largest absolute Gasteiger partial charge is 0.493 e. The van der Waals surface area contributed by atoms with E-state index in [1.165, 1.54) is 24.0 Å². The number of likely N-dealkylation sites (N-methyl/N-ethyl adjacent to an activating group) is 1. The van der Waals surface area contributed by atoms with Gasteiger partial charge >= 0.3 is 12.2 Å². The van der Waals surface area contributed by atoms with Crippen LogP contribution in [0.3, 0.4) is 0 Å². The molecule has 0 saturated carbocycles. The molecule has 4 amide bonds. The molecule has 0 spiro atoms. The lowest BCUT2D eigenvalue weighted by atomic mass is 10.0. The molecule has 2 N–H and O–H groups in total. The molecule has 5 heterocycles. The summed E-state index contributed by atoms with van der Waals surface area (Å²) in [4.78, 5) is 70.6. The highest BCUT2D eigenvalue weighted by Crippen LogP contribution is 2.50. The zero-order chi connectivity index (χ0) is 67.9. The highest BCUT2D eigenvalue weighted by atomic mass is 35.6. The van der Waals surface area contributed by atoms with Gasteiger partial charge in [0.25, 0.3) is 11.8 Å². The second-order valence-corrected chi connectivity index (χ2v) is 41.7. The van der Waals surface area contributed by atoms with E-state index < -0.39 is 86.0 Å². The minimum Gasteiger partial charge on any atom is -0.493 e. The number of carbonyl (C=O) groups is 4. The van der Waals surface area contributed by atoms with Crippen molar-refractivity contribution in [3.63, 3.8) is 0 Å². The number of unbranched alkanes of at least 4 members (excludes halogenated alkanes) is 2. The average molecular weight is 1440 g/mol. The van der Waals surface area contributed by atoms with Crippen LogP contribution in [0.5, 0.6) is 23.0 Å². The fourth-order valence-electron chi connectivity index (χ4n) is 11.3. The van der Waals surface area contributed by atoms with Crippen molar-refractivity contribution >= 4 is 144 Å². The number of rotatable bonds is 19. The van der Waals surface area contributed by atoms with Gasteiger partial charge in [0, 0.05) is 62.1 Å². The van der Waals surface area contributed by atoms with Crippen LogP contribution in [0.2, 0.25) is 36.3 Å². The Hall–Kier alpha value is -5.31. The number of hydrogen-bond acceptors (Lipinski definition) is 15. The lowest BCUT2D eigenvalue weighted by molar-refractivity contribution is 0.0584. The summed E-state index contributed by atoms with van der Waals surface area (Å²) >= 11 is 37.1. The highest BCUT2D eigenvalue weighted by Gasteiger charge is 2.54. The Kier molecular flexibility index (Phi) is 22.0. The van der Waals surface area contributed by atoms with Crippen molar-refractivity contribution in [1.29, 1.82) is 0 Å². The molecule has 93 heavy (non-hydrogen) atoms. The summed E-state index contributed by atoms with van der Waals surface area (Å²) in [6, 6.07) is 20.6. The molecule has 19 nitrogen and oxygen atoms in total. The quantitative estimate of drug-likeness (QED) is 0.0404. The van der Waals surface area contributed by atoms with Crippen LogP contribution in [0.4, 0.5) is 32.3 Å². The molecule has 2 unspecified atom stereocenters. The second-order valence-electron chi connectivity index (χ2n) is 27.2. The van der Waals surface area contributed by atoms with Gasteiger partial charge in [-0.3, -0.25) is 9.59 Å². The van der Waals surface area contributed by atoms with Crippen LogP contribution in [-0.4, -0.2) is 161 Å². The maximum Gasteiger partial charge on any atom is 0.416 e. The first-order valence-corrected chi connectivity index (χ1v) is 39.2. The fourth-order valence-corrected chi connectivity index (χ4v) is 14.1. The molecule has 1 fully saturated rings. The molecular formula is C66H85Cl6N7O12Si2.